The lowest BCUT2D eigenvalue weighted by atomic mass is 10.3. The molecule has 0 aliphatic heterocycles. The molecule has 0 spiro atoms. The molecule has 0 N–H and O–H groups in total. The number of nitrogens with zero attached hydrogens (tertiary/aromatic N) is 1. The third-order valence-corrected chi connectivity index (χ3v) is 3.48. The number of ether oxygens (including phenoxy) is 1. The minimum atomic E-state index is -4.36. The van der Waals surface area contributed by atoms with E-state index in [1.165, 1.54) is 7.11 Å². The second-order valence-electron chi connectivity index (χ2n) is 2.60. The summed E-state index contributed by atoms with van der Waals surface area (Å²) >= 11 is 2.81. The van der Waals surface area contributed by atoms with Crippen LogP contribution in [0.1, 0.15) is 12.0 Å². The first kappa shape index (κ1) is 13.6. The molecule has 0 aliphatic carbocycles. The lowest BCUT2D eigenvalue weighted by Gasteiger charge is -2.09. The van der Waals surface area contributed by atoms with Crippen molar-refractivity contribution in [1.29, 1.82) is 0 Å². The van der Waals surface area contributed by atoms with Crippen LogP contribution in [0.15, 0.2) is 15.6 Å². The van der Waals surface area contributed by atoms with Crippen molar-refractivity contribution in [2.45, 2.75) is 11.5 Å². The van der Waals surface area contributed by atoms with E-state index >= 15 is 0 Å². The monoisotopic (exact) mass is 335 g/mol. The van der Waals surface area contributed by atoms with E-state index in [1.54, 1.807) is 0 Å². The highest BCUT2D eigenvalue weighted by Gasteiger charge is 2.27. The van der Waals surface area contributed by atoms with Crippen molar-refractivity contribution in [2.24, 2.45) is 0 Å². The third kappa shape index (κ3) is 2.80. The van der Waals surface area contributed by atoms with Gasteiger partial charge in [0.05, 0.1) is 12.7 Å². The SMILES string of the molecule is COc1cc(Br)c(C(F)F)c(S(=O)(=O)Cl)n1. The Balaban J connectivity index is 3.60. The number of hydrogen-bond donors (Lipinski definition) is 0. The molecule has 0 aromatic carbocycles. The molecule has 0 fully saturated rings. The summed E-state index contributed by atoms with van der Waals surface area (Å²) in [6.07, 6.45) is -3.02. The highest BCUT2D eigenvalue weighted by molar-refractivity contribution is 9.10. The van der Waals surface area contributed by atoms with Crippen molar-refractivity contribution in [3.8, 4) is 5.88 Å². The maximum absolute atomic E-state index is 12.6. The van der Waals surface area contributed by atoms with Gasteiger partial charge in [0.1, 0.15) is 0 Å². The average molecular weight is 337 g/mol. The molecule has 1 heterocycles. The van der Waals surface area contributed by atoms with Crippen LogP contribution in [-0.4, -0.2) is 20.5 Å². The molecular formula is C7H5BrClF2NO3S. The van der Waals surface area contributed by atoms with Gasteiger partial charge in [-0.05, 0) is 0 Å². The van der Waals surface area contributed by atoms with Crippen molar-refractivity contribution < 1.29 is 21.9 Å². The zero-order valence-corrected chi connectivity index (χ0v) is 10.9. The minimum absolute atomic E-state index is 0.129. The third-order valence-electron chi connectivity index (χ3n) is 1.61. The van der Waals surface area contributed by atoms with Crippen LogP contribution < -0.4 is 4.74 Å². The van der Waals surface area contributed by atoms with Crippen molar-refractivity contribution >= 4 is 35.7 Å². The molecule has 4 nitrogen and oxygen atoms in total. The summed E-state index contributed by atoms with van der Waals surface area (Å²) in [6.45, 7) is 0. The predicted octanol–water partition coefficient (Wildman–Crippen LogP) is 2.72. The highest BCUT2D eigenvalue weighted by atomic mass is 79.9. The Morgan fingerprint density at radius 2 is 2.12 bits per heavy atom. The van der Waals surface area contributed by atoms with Gasteiger partial charge >= 0.3 is 0 Å². The summed E-state index contributed by atoms with van der Waals surface area (Å²) in [5.41, 5.74) is -0.782. The van der Waals surface area contributed by atoms with Gasteiger partial charge in [0, 0.05) is 21.2 Å². The summed E-state index contributed by atoms with van der Waals surface area (Å²) in [5, 5.41) is -0.907. The van der Waals surface area contributed by atoms with Gasteiger partial charge in [-0.15, -0.1) is 0 Å². The smallest absolute Gasteiger partial charge is 0.279 e. The Morgan fingerprint density at radius 3 is 2.50 bits per heavy atom. The summed E-state index contributed by atoms with van der Waals surface area (Å²) in [6, 6.07) is 1.13. The number of hydrogen-bond acceptors (Lipinski definition) is 4. The van der Waals surface area contributed by atoms with Gasteiger partial charge < -0.3 is 4.74 Å². The molecule has 0 bridgehead atoms. The maximum Gasteiger partial charge on any atom is 0.279 e. The van der Waals surface area contributed by atoms with E-state index in [4.69, 9.17) is 10.7 Å². The predicted molar refractivity (Wildman–Crippen MR) is 56.5 cm³/mol. The van der Waals surface area contributed by atoms with Gasteiger partial charge in [-0.2, -0.15) is 4.98 Å². The summed E-state index contributed by atoms with van der Waals surface area (Å²) in [7, 11) is 1.87. The van der Waals surface area contributed by atoms with Gasteiger partial charge in [-0.1, -0.05) is 15.9 Å². The molecule has 1 aromatic rings. The number of methoxy groups -OCH3 is 1. The van der Waals surface area contributed by atoms with Crippen molar-refractivity contribution in [3.05, 3.63) is 16.1 Å². The molecule has 0 saturated heterocycles. The van der Waals surface area contributed by atoms with Crippen molar-refractivity contribution in [1.82, 2.24) is 4.98 Å². The number of rotatable bonds is 3. The Hall–Kier alpha value is -0.470. The first-order chi connectivity index (χ1) is 7.27. The van der Waals surface area contributed by atoms with Crippen molar-refractivity contribution in [3.63, 3.8) is 0 Å². The second-order valence-corrected chi connectivity index (χ2v) is 5.94. The van der Waals surface area contributed by atoms with Crippen LogP contribution in [0.5, 0.6) is 5.88 Å². The molecule has 9 heteroatoms. The van der Waals surface area contributed by atoms with Crippen LogP contribution in [0, 0.1) is 0 Å². The van der Waals surface area contributed by atoms with E-state index in [9.17, 15) is 17.2 Å². The van der Waals surface area contributed by atoms with E-state index in [-0.39, 0.29) is 10.4 Å². The van der Waals surface area contributed by atoms with Gasteiger partial charge in [0.15, 0.2) is 5.03 Å². The molecule has 0 atom stereocenters. The standard InChI is InChI=1S/C7H5BrClF2NO3S/c1-15-4-2-3(8)5(6(10)11)7(12-4)16(9,13)14/h2,6H,1H3. The molecule has 0 saturated carbocycles. The fraction of sp³-hybridized carbons (Fsp3) is 0.286. The molecule has 0 unspecified atom stereocenters. The lowest BCUT2D eigenvalue weighted by molar-refractivity contribution is 0.146. The van der Waals surface area contributed by atoms with Crippen LogP contribution in [0.25, 0.3) is 0 Å². The topological polar surface area (TPSA) is 56.3 Å². The fourth-order valence-corrected chi connectivity index (χ4v) is 2.67. The number of pyridine rings is 1. The molecular weight excluding hydrogens is 332 g/mol. The number of aromatic nitrogens is 1. The molecule has 16 heavy (non-hydrogen) atoms. The van der Waals surface area contributed by atoms with Crippen LogP contribution in [-0.2, 0) is 9.05 Å². The molecule has 0 aliphatic rings. The minimum Gasteiger partial charge on any atom is -0.481 e. The van der Waals surface area contributed by atoms with Gasteiger partial charge in [0.2, 0.25) is 5.88 Å². The van der Waals surface area contributed by atoms with E-state index in [1.807, 2.05) is 0 Å². The van der Waals surface area contributed by atoms with Gasteiger partial charge in [0.25, 0.3) is 15.5 Å². The summed E-state index contributed by atoms with van der Waals surface area (Å²) < 4.78 is 51.9. The van der Waals surface area contributed by atoms with Crippen LogP contribution in [0.2, 0.25) is 0 Å². The van der Waals surface area contributed by atoms with E-state index in [2.05, 4.69) is 25.7 Å². The molecule has 1 rings (SSSR count). The Kier molecular flexibility index (Phi) is 4.08. The normalized spacial score (nSPS) is 11.9. The van der Waals surface area contributed by atoms with Crippen molar-refractivity contribution in [2.75, 3.05) is 7.11 Å². The molecule has 0 radical (unpaired) electrons. The fourth-order valence-electron chi connectivity index (χ4n) is 0.969. The van der Waals surface area contributed by atoms with Crippen LogP contribution in [0.4, 0.5) is 8.78 Å². The Labute approximate surface area is 103 Å². The maximum atomic E-state index is 12.6. The largest absolute Gasteiger partial charge is 0.481 e. The Bertz CT molecular complexity index is 509. The van der Waals surface area contributed by atoms with Gasteiger partial charge in [-0.3, -0.25) is 0 Å². The first-order valence-electron chi connectivity index (χ1n) is 3.74. The molecule has 0 amide bonds. The van der Waals surface area contributed by atoms with E-state index in [0.717, 1.165) is 6.07 Å². The lowest BCUT2D eigenvalue weighted by Crippen LogP contribution is -2.05. The Morgan fingerprint density at radius 1 is 1.56 bits per heavy atom. The van der Waals surface area contributed by atoms with E-state index < -0.39 is 26.1 Å². The van der Waals surface area contributed by atoms with E-state index in [0.29, 0.717) is 0 Å². The second kappa shape index (κ2) is 4.80. The summed E-state index contributed by atoms with van der Waals surface area (Å²) in [4.78, 5) is 3.39. The zero-order chi connectivity index (χ0) is 12.5. The molecule has 1 aromatic heterocycles. The zero-order valence-electron chi connectivity index (χ0n) is 7.75. The highest BCUT2D eigenvalue weighted by Crippen LogP contribution is 2.35. The average Bonchev–Trinajstić information content (AvgIpc) is 2.14. The van der Waals surface area contributed by atoms with Gasteiger partial charge in [-0.25, -0.2) is 17.2 Å². The molecule has 90 valence electrons. The quantitative estimate of drug-likeness (QED) is 0.796. The first-order valence-corrected chi connectivity index (χ1v) is 6.85. The number of halogens is 4. The van der Waals surface area contributed by atoms with Crippen LogP contribution >= 0.6 is 26.6 Å². The summed E-state index contributed by atoms with van der Waals surface area (Å²) in [5.74, 6) is -0.129. The van der Waals surface area contributed by atoms with Crippen LogP contribution in [0.3, 0.4) is 0 Å². The number of alkyl halides is 2.